The van der Waals surface area contributed by atoms with Crippen LogP contribution in [0.2, 0.25) is 0 Å². The number of aromatic nitrogens is 1. The van der Waals surface area contributed by atoms with Crippen LogP contribution in [0, 0.1) is 0 Å². The first kappa shape index (κ1) is 15.8. The molecule has 1 N–H and O–H groups in total. The third kappa shape index (κ3) is 4.43. The fourth-order valence-electron chi connectivity index (χ4n) is 2.52. The fraction of sp³-hybridized carbons (Fsp3) is 0.625. The zero-order valence-corrected chi connectivity index (χ0v) is 13.0. The monoisotopic (exact) mass is 291 g/mol. The summed E-state index contributed by atoms with van der Waals surface area (Å²) in [5, 5.41) is 3.28. The van der Waals surface area contributed by atoms with Crippen molar-refractivity contribution in [2.24, 2.45) is 0 Å². The van der Waals surface area contributed by atoms with Crippen molar-refractivity contribution >= 4 is 11.6 Å². The highest BCUT2D eigenvalue weighted by molar-refractivity contribution is 5.99. The Kier molecular flexibility index (Phi) is 5.99. The molecular weight excluding hydrogens is 266 g/mol. The Morgan fingerprint density at radius 1 is 1.52 bits per heavy atom. The molecule has 0 spiro atoms. The SMILES string of the molecule is CCCNc1ccncc1C(=O)N(C)CC1CCCCO1. The number of rotatable bonds is 6. The second-order valence-corrected chi connectivity index (χ2v) is 5.52. The summed E-state index contributed by atoms with van der Waals surface area (Å²) < 4.78 is 5.70. The molecule has 0 saturated carbocycles. The second-order valence-electron chi connectivity index (χ2n) is 5.52. The van der Waals surface area contributed by atoms with Crippen molar-refractivity contribution in [3.8, 4) is 0 Å². The number of carbonyl (C=O) groups excluding carboxylic acids is 1. The summed E-state index contributed by atoms with van der Waals surface area (Å²) in [6.07, 6.45) is 7.87. The minimum Gasteiger partial charge on any atom is -0.384 e. The highest BCUT2D eigenvalue weighted by Gasteiger charge is 2.21. The molecule has 1 aliphatic rings. The molecule has 0 aliphatic carbocycles. The number of amides is 1. The van der Waals surface area contributed by atoms with Crippen LogP contribution in [0.4, 0.5) is 5.69 Å². The minimum atomic E-state index is -0.00382. The summed E-state index contributed by atoms with van der Waals surface area (Å²) in [5.74, 6) is -0.00382. The Bertz CT molecular complexity index is 459. The molecule has 1 aliphatic heterocycles. The van der Waals surface area contributed by atoms with Gasteiger partial charge < -0.3 is 15.0 Å². The average Bonchev–Trinajstić information content (AvgIpc) is 2.53. The van der Waals surface area contributed by atoms with E-state index in [9.17, 15) is 4.79 Å². The predicted molar refractivity (Wildman–Crippen MR) is 83.6 cm³/mol. The molecule has 116 valence electrons. The molecule has 1 aromatic rings. The first-order valence-corrected chi connectivity index (χ1v) is 7.77. The lowest BCUT2D eigenvalue weighted by atomic mass is 10.1. The number of ether oxygens (including phenoxy) is 1. The molecule has 2 heterocycles. The van der Waals surface area contributed by atoms with Gasteiger partial charge in [-0.1, -0.05) is 6.92 Å². The number of pyridine rings is 1. The van der Waals surface area contributed by atoms with Crippen LogP contribution < -0.4 is 5.32 Å². The lowest BCUT2D eigenvalue weighted by Crippen LogP contribution is -2.37. The quantitative estimate of drug-likeness (QED) is 0.875. The summed E-state index contributed by atoms with van der Waals surface area (Å²) in [6, 6.07) is 1.86. The number of carbonyl (C=O) groups is 1. The molecule has 1 atom stereocenters. The molecule has 0 bridgehead atoms. The first-order valence-electron chi connectivity index (χ1n) is 7.77. The molecule has 0 aromatic carbocycles. The summed E-state index contributed by atoms with van der Waals surface area (Å²) >= 11 is 0. The number of hydrogen-bond donors (Lipinski definition) is 1. The topological polar surface area (TPSA) is 54.5 Å². The van der Waals surface area contributed by atoms with Crippen molar-refractivity contribution in [2.45, 2.75) is 38.7 Å². The second kappa shape index (κ2) is 7.98. The number of anilines is 1. The van der Waals surface area contributed by atoms with Crippen LogP contribution in [-0.4, -0.2) is 48.6 Å². The van der Waals surface area contributed by atoms with Crippen molar-refractivity contribution in [1.29, 1.82) is 0 Å². The smallest absolute Gasteiger partial charge is 0.257 e. The van der Waals surface area contributed by atoms with Gasteiger partial charge in [-0.15, -0.1) is 0 Å². The van der Waals surface area contributed by atoms with Crippen LogP contribution in [0.15, 0.2) is 18.5 Å². The van der Waals surface area contributed by atoms with Crippen molar-refractivity contribution < 1.29 is 9.53 Å². The van der Waals surface area contributed by atoms with Crippen LogP contribution in [0.3, 0.4) is 0 Å². The van der Waals surface area contributed by atoms with Gasteiger partial charge >= 0.3 is 0 Å². The summed E-state index contributed by atoms with van der Waals surface area (Å²) in [4.78, 5) is 18.4. The van der Waals surface area contributed by atoms with Gasteiger partial charge in [-0.2, -0.15) is 0 Å². The Balaban J connectivity index is 2.00. The third-order valence-corrected chi connectivity index (χ3v) is 3.72. The van der Waals surface area contributed by atoms with Crippen molar-refractivity contribution in [3.63, 3.8) is 0 Å². The van der Waals surface area contributed by atoms with Gasteiger partial charge in [0, 0.05) is 39.1 Å². The first-order chi connectivity index (χ1) is 10.2. The molecule has 1 amide bonds. The average molecular weight is 291 g/mol. The summed E-state index contributed by atoms with van der Waals surface area (Å²) in [5.41, 5.74) is 1.48. The highest BCUT2D eigenvalue weighted by Crippen LogP contribution is 2.18. The van der Waals surface area contributed by atoms with E-state index in [1.807, 2.05) is 13.1 Å². The van der Waals surface area contributed by atoms with Gasteiger partial charge in [0.2, 0.25) is 0 Å². The van der Waals surface area contributed by atoms with Crippen molar-refractivity contribution in [1.82, 2.24) is 9.88 Å². The van der Waals surface area contributed by atoms with Crippen LogP contribution in [0.5, 0.6) is 0 Å². The largest absolute Gasteiger partial charge is 0.384 e. The molecule has 1 saturated heterocycles. The molecular formula is C16H25N3O2. The number of nitrogens with zero attached hydrogens (tertiary/aromatic N) is 2. The predicted octanol–water partition coefficient (Wildman–Crippen LogP) is 2.54. The summed E-state index contributed by atoms with van der Waals surface area (Å²) in [6.45, 7) is 4.39. The molecule has 5 nitrogen and oxygen atoms in total. The normalized spacial score (nSPS) is 18.3. The van der Waals surface area contributed by atoms with E-state index >= 15 is 0 Å². The van der Waals surface area contributed by atoms with Crippen LogP contribution in [-0.2, 0) is 4.74 Å². The molecule has 1 fully saturated rings. The van der Waals surface area contributed by atoms with E-state index < -0.39 is 0 Å². The minimum absolute atomic E-state index is 0.00382. The van der Waals surface area contributed by atoms with Gasteiger partial charge in [-0.05, 0) is 31.7 Å². The van der Waals surface area contributed by atoms with E-state index in [1.165, 1.54) is 6.42 Å². The standard InChI is InChI=1S/C16H25N3O2/c1-3-8-18-15-7-9-17-11-14(15)16(20)19(2)12-13-6-4-5-10-21-13/h7,9,11,13H,3-6,8,10,12H2,1-2H3,(H,17,18). The van der Waals surface area contributed by atoms with E-state index in [-0.39, 0.29) is 12.0 Å². The van der Waals surface area contributed by atoms with E-state index in [4.69, 9.17) is 4.74 Å². The van der Waals surface area contributed by atoms with E-state index in [0.717, 1.165) is 38.1 Å². The highest BCUT2D eigenvalue weighted by atomic mass is 16.5. The third-order valence-electron chi connectivity index (χ3n) is 3.72. The fourth-order valence-corrected chi connectivity index (χ4v) is 2.52. The Labute approximate surface area is 126 Å². The Hall–Kier alpha value is -1.62. The number of hydrogen-bond acceptors (Lipinski definition) is 4. The van der Waals surface area contributed by atoms with Crippen LogP contribution >= 0.6 is 0 Å². The number of nitrogens with one attached hydrogen (secondary N) is 1. The van der Waals surface area contributed by atoms with Crippen molar-refractivity contribution in [2.75, 3.05) is 32.1 Å². The summed E-state index contributed by atoms with van der Waals surface area (Å²) in [7, 11) is 1.83. The molecule has 1 unspecified atom stereocenters. The van der Waals surface area contributed by atoms with Gasteiger partial charge in [0.15, 0.2) is 0 Å². The Morgan fingerprint density at radius 2 is 2.38 bits per heavy atom. The van der Waals surface area contributed by atoms with Gasteiger partial charge in [-0.3, -0.25) is 9.78 Å². The van der Waals surface area contributed by atoms with E-state index in [0.29, 0.717) is 12.1 Å². The lowest BCUT2D eigenvalue weighted by molar-refractivity contribution is -0.000179. The van der Waals surface area contributed by atoms with Gasteiger partial charge in [0.1, 0.15) is 0 Å². The van der Waals surface area contributed by atoms with E-state index in [1.54, 1.807) is 17.3 Å². The zero-order valence-electron chi connectivity index (χ0n) is 13.0. The van der Waals surface area contributed by atoms with Crippen LogP contribution in [0.1, 0.15) is 43.0 Å². The maximum Gasteiger partial charge on any atom is 0.257 e. The molecule has 2 rings (SSSR count). The zero-order chi connectivity index (χ0) is 15.1. The van der Waals surface area contributed by atoms with Crippen molar-refractivity contribution in [3.05, 3.63) is 24.0 Å². The maximum atomic E-state index is 12.6. The van der Waals surface area contributed by atoms with Gasteiger partial charge in [0.25, 0.3) is 5.91 Å². The molecule has 0 radical (unpaired) electrons. The molecule has 5 heteroatoms. The molecule has 1 aromatic heterocycles. The maximum absolute atomic E-state index is 12.6. The van der Waals surface area contributed by atoms with Crippen LogP contribution in [0.25, 0.3) is 0 Å². The van der Waals surface area contributed by atoms with Gasteiger partial charge in [-0.25, -0.2) is 0 Å². The molecule has 21 heavy (non-hydrogen) atoms. The van der Waals surface area contributed by atoms with Gasteiger partial charge in [0.05, 0.1) is 17.4 Å². The Morgan fingerprint density at radius 3 is 3.10 bits per heavy atom. The number of likely N-dealkylation sites (N-methyl/N-ethyl adjacent to an activating group) is 1. The lowest BCUT2D eigenvalue weighted by Gasteiger charge is -2.27. The van der Waals surface area contributed by atoms with E-state index in [2.05, 4.69) is 17.2 Å².